The number of aromatic amines is 1. The summed E-state index contributed by atoms with van der Waals surface area (Å²) >= 11 is 6.35. The molecule has 1 fully saturated rings. The van der Waals surface area contributed by atoms with E-state index in [2.05, 4.69) is 22.5 Å². The van der Waals surface area contributed by atoms with Crippen LogP contribution in [0.3, 0.4) is 0 Å². The van der Waals surface area contributed by atoms with Crippen LogP contribution in [0.5, 0.6) is 0 Å². The lowest BCUT2D eigenvalue weighted by molar-refractivity contribution is 0.0950. The molecule has 1 aliphatic carbocycles. The Balaban J connectivity index is 1.74. The van der Waals surface area contributed by atoms with Crippen molar-refractivity contribution in [2.75, 3.05) is 5.32 Å². The van der Waals surface area contributed by atoms with E-state index < -0.39 is 0 Å². The van der Waals surface area contributed by atoms with E-state index in [1.165, 1.54) is 0 Å². The van der Waals surface area contributed by atoms with Crippen molar-refractivity contribution in [1.29, 1.82) is 0 Å². The second kappa shape index (κ2) is 9.88. The molecular weight excluding hydrogens is 412 g/mol. The summed E-state index contributed by atoms with van der Waals surface area (Å²) in [4.78, 5) is 27.9. The number of H-pyrrole nitrogens is 1. The van der Waals surface area contributed by atoms with Crippen molar-refractivity contribution in [2.24, 2.45) is 11.7 Å². The van der Waals surface area contributed by atoms with Crippen LogP contribution in [0.4, 0.5) is 5.69 Å². The number of anilines is 1. The number of nitrogens with two attached hydrogens (primary N) is 1. The number of aromatic nitrogens is 1. The Bertz CT molecular complexity index is 1010. The number of halogens is 1. The van der Waals surface area contributed by atoms with Crippen molar-refractivity contribution in [3.8, 4) is 0 Å². The lowest BCUT2D eigenvalue weighted by Gasteiger charge is -2.32. The Morgan fingerprint density at radius 1 is 1.19 bits per heavy atom. The zero-order valence-corrected chi connectivity index (χ0v) is 19.5. The monoisotopic (exact) mass is 444 g/mol. The Labute approximate surface area is 189 Å². The largest absolute Gasteiger partial charge is 0.382 e. The van der Waals surface area contributed by atoms with Gasteiger partial charge in [-0.25, -0.2) is 0 Å². The Kier molecular flexibility index (Phi) is 7.44. The van der Waals surface area contributed by atoms with Gasteiger partial charge < -0.3 is 21.4 Å². The van der Waals surface area contributed by atoms with Gasteiger partial charge in [-0.3, -0.25) is 9.59 Å². The molecule has 168 valence electrons. The van der Waals surface area contributed by atoms with Gasteiger partial charge >= 0.3 is 0 Å². The minimum atomic E-state index is -0.251. The second-order valence-corrected chi connectivity index (χ2v) is 9.30. The third-order valence-corrected chi connectivity index (χ3v) is 6.66. The van der Waals surface area contributed by atoms with Gasteiger partial charge in [0.05, 0.1) is 0 Å². The number of hydrogen-bond acceptors (Lipinski definition) is 4. The number of hydrogen-bond donors (Lipinski definition) is 4. The number of aryl methyl sites for hydroxylation is 2. The summed E-state index contributed by atoms with van der Waals surface area (Å²) < 4.78 is 0. The quantitative estimate of drug-likeness (QED) is 0.536. The smallest absolute Gasteiger partial charge is 0.253 e. The maximum absolute atomic E-state index is 12.9. The van der Waals surface area contributed by atoms with Crippen molar-refractivity contribution in [3.63, 3.8) is 0 Å². The lowest BCUT2D eigenvalue weighted by atomic mass is 9.82. The molecule has 1 heterocycles. The Morgan fingerprint density at radius 3 is 2.52 bits per heavy atom. The molecular formula is C24H33ClN4O2. The summed E-state index contributed by atoms with van der Waals surface area (Å²) in [5.74, 6) is 0.297. The molecule has 1 aromatic carbocycles. The van der Waals surface area contributed by atoms with Crippen LogP contribution >= 0.6 is 11.6 Å². The minimum Gasteiger partial charge on any atom is -0.382 e. The van der Waals surface area contributed by atoms with Crippen molar-refractivity contribution in [2.45, 2.75) is 72.0 Å². The number of nitrogens with one attached hydrogen (secondary N) is 3. The van der Waals surface area contributed by atoms with Gasteiger partial charge in [0.1, 0.15) is 0 Å². The standard InChI is InChI=1S/C24H33ClN4O2/c1-13-9-14(2)28-24(31)21(13)12-27-23(30)20-10-18(25)11-22(15(20)3)29-16(4)17-5-7-19(26)8-6-17/h9-11,16-17,19,29H,5-8,12,26H2,1-4H3,(H,27,30)(H,28,31)/t16?,17-,19-. The average molecular weight is 445 g/mol. The minimum absolute atomic E-state index is 0.160. The van der Waals surface area contributed by atoms with Gasteiger partial charge in [0, 0.05) is 46.2 Å². The number of carbonyl (C=O) groups excluding carboxylic acids is 1. The highest BCUT2D eigenvalue weighted by Crippen LogP contribution is 2.30. The first-order valence-corrected chi connectivity index (χ1v) is 11.3. The van der Waals surface area contributed by atoms with Crippen LogP contribution in [0, 0.1) is 26.7 Å². The number of carbonyl (C=O) groups is 1. The normalized spacial score (nSPS) is 19.7. The molecule has 0 aliphatic heterocycles. The predicted molar refractivity (Wildman–Crippen MR) is 127 cm³/mol. The predicted octanol–water partition coefficient (Wildman–Crippen LogP) is 4.20. The van der Waals surface area contributed by atoms with Crippen LogP contribution in [-0.4, -0.2) is 23.0 Å². The zero-order chi connectivity index (χ0) is 22.7. The van der Waals surface area contributed by atoms with Gasteiger partial charge in [0.25, 0.3) is 11.5 Å². The molecule has 0 bridgehead atoms. The van der Waals surface area contributed by atoms with E-state index in [0.29, 0.717) is 28.1 Å². The molecule has 0 radical (unpaired) electrons. The summed E-state index contributed by atoms with van der Waals surface area (Å²) in [5, 5.41) is 6.94. The van der Waals surface area contributed by atoms with Gasteiger partial charge in [0.2, 0.25) is 0 Å². The first-order valence-electron chi connectivity index (χ1n) is 11.0. The summed E-state index contributed by atoms with van der Waals surface area (Å²) in [6.07, 6.45) is 4.31. The first-order chi connectivity index (χ1) is 14.7. The van der Waals surface area contributed by atoms with Crippen molar-refractivity contribution in [3.05, 3.63) is 61.5 Å². The van der Waals surface area contributed by atoms with E-state index in [1.807, 2.05) is 32.9 Å². The van der Waals surface area contributed by atoms with Gasteiger partial charge in [0.15, 0.2) is 0 Å². The van der Waals surface area contributed by atoms with E-state index in [-0.39, 0.29) is 24.1 Å². The molecule has 1 unspecified atom stereocenters. The fourth-order valence-corrected chi connectivity index (χ4v) is 4.66. The van der Waals surface area contributed by atoms with E-state index in [1.54, 1.807) is 6.07 Å². The molecule has 6 nitrogen and oxygen atoms in total. The Hall–Kier alpha value is -2.31. The maximum atomic E-state index is 12.9. The Morgan fingerprint density at radius 2 is 1.87 bits per heavy atom. The second-order valence-electron chi connectivity index (χ2n) is 8.86. The lowest BCUT2D eigenvalue weighted by Crippen LogP contribution is -2.34. The molecule has 7 heteroatoms. The molecule has 31 heavy (non-hydrogen) atoms. The highest BCUT2D eigenvalue weighted by atomic mass is 35.5. The third-order valence-electron chi connectivity index (χ3n) is 6.44. The van der Waals surface area contributed by atoms with Gasteiger partial charge in [-0.1, -0.05) is 11.6 Å². The topological polar surface area (TPSA) is 100 Å². The molecule has 1 aliphatic rings. The van der Waals surface area contributed by atoms with Gasteiger partial charge in [-0.15, -0.1) is 0 Å². The molecule has 1 aromatic heterocycles. The van der Waals surface area contributed by atoms with Crippen LogP contribution in [-0.2, 0) is 6.54 Å². The summed E-state index contributed by atoms with van der Waals surface area (Å²) in [5.41, 5.74) is 10.3. The first kappa shape index (κ1) is 23.4. The highest BCUT2D eigenvalue weighted by molar-refractivity contribution is 6.31. The third kappa shape index (κ3) is 5.69. The van der Waals surface area contributed by atoms with Crippen molar-refractivity contribution >= 4 is 23.2 Å². The summed E-state index contributed by atoms with van der Waals surface area (Å²) in [6, 6.07) is 6.02. The van der Waals surface area contributed by atoms with Crippen LogP contribution in [0.1, 0.15) is 65.3 Å². The number of benzene rings is 1. The molecule has 3 rings (SSSR count). The van der Waals surface area contributed by atoms with E-state index >= 15 is 0 Å². The van der Waals surface area contributed by atoms with Gasteiger partial charge in [-0.05, 0) is 88.6 Å². The number of rotatable bonds is 6. The van der Waals surface area contributed by atoms with Crippen molar-refractivity contribution < 1.29 is 4.79 Å². The van der Waals surface area contributed by atoms with Crippen LogP contribution < -0.4 is 21.9 Å². The highest BCUT2D eigenvalue weighted by Gasteiger charge is 2.24. The molecule has 0 spiro atoms. The van der Waals surface area contributed by atoms with Crippen LogP contribution in [0.15, 0.2) is 23.0 Å². The number of pyridine rings is 1. The molecule has 2 aromatic rings. The van der Waals surface area contributed by atoms with Crippen LogP contribution in [0.25, 0.3) is 0 Å². The van der Waals surface area contributed by atoms with E-state index in [0.717, 1.165) is 48.2 Å². The number of amides is 1. The van der Waals surface area contributed by atoms with E-state index in [4.69, 9.17) is 17.3 Å². The molecule has 0 saturated heterocycles. The zero-order valence-electron chi connectivity index (χ0n) is 18.8. The molecule has 1 saturated carbocycles. The molecule has 1 atom stereocenters. The molecule has 1 amide bonds. The van der Waals surface area contributed by atoms with Crippen LogP contribution in [0.2, 0.25) is 5.02 Å². The van der Waals surface area contributed by atoms with E-state index in [9.17, 15) is 9.59 Å². The average Bonchev–Trinajstić information content (AvgIpc) is 2.69. The SMILES string of the molecule is Cc1cc(C)c(CNC(=O)c2cc(Cl)cc(NC(C)[C@H]3CC[C@H](N)CC3)c2C)c(=O)[nH]1. The van der Waals surface area contributed by atoms with Gasteiger partial charge in [-0.2, -0.15) is 0 Å². The van der Waals surface area contributed by atoms with Crippen molar-refractivity contribution in [1.82, 2.24) is 10.3 Å². The fourth-order valence-electron chi connectivity index (χ4n) is 4.44. The molecule has 5 N–H and O–H groups in total. The summed E-state index contributed by atoms with van der Waals surface area (Å²) in [6.45, 7) is 7.96. The fraction of sp³-hybridized carbons (Fsp3) is 0.500. The summed E-state index contributed by atoms with van der Waals surface area (Å²) in [7, 11) is 0. The maximum Gasteiger partial charge on any atom is 0.253 e.